The zero-order chi connectivity index (χ0) is 11.8. The van der Waals surface area contributed by atoms with Gasteiger partial charge >= 0.3 is 0 Å². The van der Waals surface area contributed by atoms with Gasteiger partial charge in [-0.15, -0.1) is 0 Å². The molecule has 0 aliphatic rings. The summed E-state index contributed by atoms with van der Waals surface area (Å²) in [6.45, 7) is 1.03. The number of rotatable bonds is 8. The Balaban J connectivity index is 4.23. The molecule has 0 aliphatic carbocycles. The van der Waals surface area contributed by atoms with Crippen molar-refractivity contribution in [2.75, 3.05) is 13.2 Å². The quantitative estimate of drug-likeness (QED) is 0.206. The van der Waals surface area contributed by atoms with Crippen molar-refractivity contribution in [3.63, 3.8) is 0 Å². The van der Waals surface area contributed by atoms with Gasteiger partial charge in [-0.05, 0) is 6.92 Å². The molecule has 7 heteroatoms. The summed E-state index contributed by atoms with van der Waals surface area (Å²) in [5.74, 6) is 0. The minimum Gasteiger partial charge on any atom is -0.394 e. The van der Waals surface area contributed by atoms with Gasteiger partial charge in [0.15, 0.2) is 12.4 Å². The highest BCUT2D eigenvalue weighted by molar-refractivity contribution is 5.57. The van der Waals surface area contributed by atoms with E-state index in [1.54, 1.807) is 6.92 Å². The van der Waals surface area contributed by atoms with Crippen molar-refractivity contribution in [3.05, 3.63) is 0 Å². The molecule has 0 bridgehead atoms. The van der Waals surface area contributed by atoms with Gasteiger partial charge in [-0.25, -0.2) is 9.78 Å². The lowest BCUT2D eigenvalue weighted by molar-refractivity contribution is -0.329. The Morgan fingerprint density at radius 2 is 1.87 bits per heavy atom. The maximum atomic E-state index is 10.4. The Hall–Kier alpha value is -0.570. The molecular formula is C8H16O7. The van der Waals surface area contributed by atoms with Gasteiger partial charge in [0, 0.05) is 0 Å². The van der Waals surface area contributed by atoms with Gasteiger partial charge in [-0.2, -0.15) is 0 Å². The minimum absolute atomic E-state index is 0.162. The number of aldehydes is 1. The second kappa shape index (κ2) is 7.69. The summed E-state index contributed by atoms with van der Waals surface area (Å²) in [6, 6.07) is 0. The highest BCUT2D eigenvalue weighted by atomic mass is 17.2. The first-order chi connectivity index (χ1) is 7.08. The summed E-state index contributed by atoms with van der Waals surface area (Å²) in [4.78, 5) is 19.3. The predicted molar refractivity (Wildman–Crippen MR) is 47.7 cm³/mol. The number of aliphatic hydroxyl groups excluding tert-OH is 4. The van der Waals surface area contributed by atoms with Crippen LogP contribution in [-0.2, 0) is 14.6 Å². The number of carbonyl (C=O) groups is 1. The molecule has 15 heavy (non-hydrogen) atoms. The van der Waals surface area contributed by atoms with Gasteiger partial charge < -0.3 is 25.2 Å². The molecule has 0 aromatic rings. The molecule has 0 fully saturated rings. The van der Waals surface area contributed by atoms with Crippen molar-refractivity contribution in [1.82, 2.24) is 0 Å². The summed E-state index contributed by atoms with van der Waals surface area (Å²) in [5, 5.41) is 36.1. The molecule has 0 amide bonds. The Labute approximate surface area is 86.8 Å². The number of hydrogen-bond donors (Lipinski definition) is 4. The zero-order valence-corrected chi connectivity index (χ0v) is 8.31. The van der Waals surface area contributed by atoms with E-state index in [1.165, 1.54) is 0 Å². The molecule has 0 heterocycles. The zero-order valence-electron chi connectivity index (χ0n) is 8.31. The fourth-order valence-electron chi connectivity index (χ4n) is 0.837. The Morgan fingerprint density at radius 3 is 2.27 bits per heavy atom. The SMILES string of the molecule is CCOOC(C=O)C(O)C(O)C(O)CO. The Bertz CT molecular complexity index is 174. The van der Waals surface area contributed by atoms with E-state index in [2.05, 4.69) is 9.78 Å². The smallest absolute Gasteiger partial charge is 0.176 e. The van der Waals surface area contributed by atoms with E-state index in [9.17, 15) is 15.0 Å². The van der Waals surface area contributed by atoms with Crippen LogP contribution in [-0.4, -0.2) is 64.3 Å². The van der Waals surface area contributed by atoms with Crippen molar-refractivity contribution >= 4 is 6.29 Å². The van der Waals surface area contributed by atoms with E-state index in [4.69, 9.17) is 10.2 Å². The van der Waals surface area contributed by atoms with Gasteiger partial charge in [0.1, 0.15) is 18.3 Å². The third kappa shape index (κ3) is 4.65. The lowest BCUT2D eigenvalue weighted by Gasteiger charge is -2.24. The van der Waals surface area contributed by atoms with Crippen LogP contribution in [0.2, 0.25) is 0 Å². The lowest BCUT2D eigenvalue weighted by Crippen LogP contribution is -2.47. The first-order valence-electron chi connectivity index (χ1n) is 4.47. The topological polar surface area (TPSA) is 116 Å². The summed E-state index contributed by atoms with van der Waals surface area (Å²) in [5.41, 5.74) is 0. The monoisotopic (exact) mass is 224 g/mol. The maximum absolute atomic E-state index is 10.4. The molecule has 0 saturated heterocycles. The molecule has 7 nitrogen and oxygen atoms in total. The molecule has 4 unspecified atom stereocenters. The fourth-order valence-corrected chi connectivity index (χ4v) is 0.837. The van der Waals surface area contributed by atoms with E-state index < -0.39 is 31.0 Å². The van der Waals surface area contributed by atoms with Gasteiger partial charge in [0.05, 0.1) is 13.2 Å². The van der Waals surface area contributed by atoms with Crippen LogP contribution in [0.15, 0.2) is 0 Å². The first kappa shape index (κ1) is 14.4. The second-order valence-corrected chi connectivity index (χ2v) is 2.83. The second-order valence-electron chi connectivity index (χ2n) is 2.83. The summed E-state index contributed by atoms with van der Waals surface area (Å²) < 4.78 is 0. The first-order valence-corrected chi connectivity index (χ1v) is 4.47. The average Bonchev–Trinajstić information content (AvgIpc) is 2.27. The van der Waals surface area contributed by atoms with Crippen LogP contribution in [0.1, 0.15) is 6.92 Å². The highest BCUT2D eigenvalue weighted by Gasteiger charge is 2.32. The number of aliphatic hydroxyl groups is 4. The highest BCUT2D eigenvalue weighted by Crippen LogP contribution is 2.07. The summed E-state index contributed by atoms with van der Waals surface area (Å²) in [7, 11) is 0. The Kier molecular flexibility index (Phi) is 7.39. The van der Waals surface area contributed by atoms with Gasteiger partial charge in [0.25, 0.3) is 0 Å². The fraction of sp³-hybridized carbons (Fsp3) is 0.875. The molecule has 0 rings (SSSR count). The average molecular weight is 224 g/mol. The van der Waals surface area contributed by atoms with Crippen LogP contribution < -0.4 is 0 Å². The summed E-state index contributed by atoms with van der Waals surface area (Å²) >= 11 is 0. The Morgan fingerprint density at radius 1 is 1.27 bits per heavy atom. The van der Waals surface area contributed by atoms with Crippen LogP contribution in [0.5, 0.6) is 0 Å². The number of carbonyl (C=O) groups excluding carboxylic acids is 1. The molecule has 90 valence electrons. The molecule has 0 spiro atoms. The van der Waals surface area contributed by atoms with Crippen molar-refractivity contribution in [2.24, 2.45) is 0 Å². The van der Waals surface area contributed by atoms with Crippen molar-refractivity contribution in [2.45, 2.75) is 31.3 Å². The molecule has 0 radical (unpaired) electrons. The van der Waals surface area contributed by atoms with E-state index in [-0.39, 0.29) is 12.9 Å². The molecule has 4 atom stereocenters. The van der Waals surface area contributed by atoms with Crippen LogP contribution in [0.25, 0.3) is 0 Å². The van der Waals surface area contributed by atoms with Gasteiger partial charge in [0.2, 0.25) is 0 Å². The lowest BCUT2D eigenvalue weighted by atomic mass is 10.0. The number of hydrogen-bond acceptors (Lipinski definition) is 7. The van der Waals surface area contributed by atoms with Crippen LogP contribution in [0.3, 0.4) is 0 Å². The van der Waals surface area contributed by atoms with Gasteiger partial charge in [-0.1, -0.05) is 0 Å². The predicted octanol–water partition coefficient (Wildman–Crippen LogP) is -2.40. The van der Waals surface area contributed by atoms with Crippen LogP contribution in [0, 0.1) is 0 Å². The third-order valence-corrected chi connectivity index (χ3v) is 1.70. The third-order valence-electron chi connectivity index (χ3n) is 1.70. The molecular weight excluding hydrogens is 208 g/mol. The molecule has 4 N–H and O–H groups in total. The van der Waals surface area contributed by atoms with E-state index in [0.29, 0.717) is 0 Å². The standard InChI is InChI=1S/C8H16O7/c1-2-14-15-6(4-10)8(13)7(12)5(11)3-9/h4-9,11-13H,2-3H2,1H3. The largest absolute Gasteiger partial charge is 0.394 e. The van der Waals surface area contributed by atoms with Crippen molar-refractivity contribution in [3.8, 4) is 0 Å². The van der Waals surface area contributed by atoms with E-state index >= 15 is 0 Å². The van der Waals surface area contributed by atoms with Crippen molar-refractivity contribution < 1.29 is 35.0 Å². The van der Waals surface area contributed by atoms with Crippen LogP contribution in [0.4, 0.5) is 0 Å². The molecule has 0 saturated carbocycles. The molecule has 0 aromatic carbocycles. The van der Waals surface area contributed by atoms with Crippen molar-refractivity contribution in [1.29, 1.82) is 0 Å². The maximum Gasteiger partial charge on any atom is 0.176 e. The van der Waals surface area contributed by atoms with Gasteiger partial charge in [-0.3, -0.25) is 0 Å². The molecule has 0 aliphatic heterocycles. The van der Waals surface area contributed by atoms with E-state index in [0.717, 1.165) is 0 Å². The normalized spacial score (nSPS) is 19.3. The summed E-state index contributed by atoms with van der Waals surface area (Å²) in [6.07, 6.45) is -6.09. The van der Waals surface area contributed by atoms with Crippen LogP contribution >= 0.6 is 0 Å². The van der Waals surface area contributed by atoms with E-state index in [1.807, 2.05) is 0 Å². The molecule has 0 aromatic heterocycles. The minimum atomic E-state index is -1.69.